The van der Waals surface area contributed by atoms with Gasteiger partial charge in [0.05, 0.1) is 0 Å². The lowest BCUT2D eigenvalue weighted by atomic mass is 10.5. The summed E-state index contributed by atoms with van der Waals surface area (Å²) in [5.41, 5.74) is 0. The number of rotatable bonds is 2. The van der Waals surface area contributed by atoms with Crippen LogP contribution in [0.4, 0.5) is 0 Å². The summed E-state index contributed by atoms with van der Waals surface area (Å²) < 4.78 is 0. The van der Waals surface area contributed by atoms with Gasteiger partial charge in [-0.1, -0.05) is 111 Å². The fourth-order valence-corrected chi connectivity index (χ4v) is 0.293. The molecule has 1 N–H and O–H groups in total. The first-order valence-corrected chi connectivity index (χ1v) is 10.5. The van der Waals surface area contributed by atoms with Crippen LogP contribution in [0.3, 0.4) is 0 Å². The molecule has 0 radical (unpaired) electrons. The van der Waals surface area contributed by atoms with Gasteiger partial charge in [-0.3, -0.25) is 0 Å². The zero-order valence-electron chi connectivity index (χ0n) is 19.2. The predicted octanol–water partition coefficient (Wildman–Crippen LogP) is 9.38. The number of hydrogen-bond acceptors (Lipinski definition) is 1. The molecule has 0 saturated heterocycles. The van der Waals surface area contributed by atoms with E-state index in [1.165, 1.54) is 0 Å². The molecule has 0 heterocycles. The maximum atomic E-state index is 8.07. The zero-order chi connectivity index (χ0) is 21.0. The first kappa shape index (κ1) is 57.0. The van der Waals surface area contributed by atoms with Crippen molar-refractivity contribution < 1.29 is 5.11 Å². The lowest BCUT2D eigenvalue weighted by molar-refractivity contribution is 0.293. The second kappa shape index (κ2) is 296. The minimum atomic E-state index is -0.407. The quantitative estimate of drug-likeness (QED) is 0.481. The summed E-state index contributed by atoms with van der Waals surface area (Å²) in [5.74, 6) is 0. The van der Waals surface area contributed by atoms with Gasteiger partial charge in [-0.2, -0.15) is 0 Å². The second-order valence-corrected chi connectivity index (χ2v) is 2.18. The van der Waals surface area contributed by atoms with Gasteiger partial charge in [0.2, 0.25) is 0 Å². The molecule has 0 aliphatic rings. The van der Waals surface area contributed by atoms with Crippen LogP contribution in [0.1, 0.15) is 117 Å². The van der Waals surface area contributed by atoms with Crippen LogP contribution in [0, 0.1) is 0 Å². The van der Waals surface area contributed by atoms with E-state index in [0.717, 1.165) is 0 Å². The smallest absolute Gasteiger partial charge is 0.110 e. The fraction of sp³-hybridized carbons (Fsp3) is 1.00. The Morgan fingerprint density at radius 3 is 0.636 bits per heavy atom. The van der Waals surface area contributed by atoms with E-state index in [9.17, 15) is 0 Å². The molecule has 3 heteroatoms. The number of halogens is 2. The highest BCUT2D eigenvalue weighted by Gasteiger charge is 1.92. The van der Waals surface area contributed by atoms with Gasteiger partial charge in [-0.25, -0.2) is 0 Å². The molecule has 0 aromatic carbocycles. The molecule has 22 heavy (non-hydrogen) atoms. The van der Waals surface area contributed by atoms with E-state index in [1.54, 1.807) is 0 Å². The molecule has 0 bridgehead atoms. The third-order valence-corrected chi connectivity index (χ3v) is 0.784. The predicted molar refractivity (Wildman–Crippen MR) is 118 cm³/mol. The highest BCUT2D eigenvalue weighted by atomic mass is 35.5. The Bertz CT molecular complexity index is 36.6. The SMILES string of the molecule is CC.CC.CC.CC.CC.CC.CC.CC.OCCC(Cl)Cl. The van der Waals surface area contributed by atoms with Crippen molar-refractivity contribution in [3.05, 3.63) is 0 Å². The van der Waals surface area contributed by atoms with Gasteiger partial charge in [-0.15, -0.1) is 23.2 Å². The number of aliphatic hydroxyl groups is 1. The van der Waals surface area contributed by atoms with E-state index in [-0.39, 0.29) is 6.61 Å². The van der Waals surface area contributed by atoms with Crippen molar-refractivity contribution in [1.29, 1.82) is 0 Å². The van der Waals surface area contributed by atoms with Crippen molar-refractivity contribution >= 4 is 23.2 Å². The van der Waals surface area contributed by atoms with Gasteiger partial charge >= 0.3 is 0 Å². The van der Waals surface area contributed by atoms with Crippen LogP contribution in [-0.4, -0.2) is 16.5 Å². The Kier molecular flexibility index (Phi) is 768. The van der Waals surface area contributed by atoms with Gasteiger partial charge in [0.15, 0.2) is 0 Å². The minimum Gasteiger partial charge on any atom is -0.396 e. The van der Waals surface area contributed by atoms with E-state index >= 15 is 0 Å². The van der Waals surface area contributed by atoms with Crippen molar-refractivity contribution in [1.82, 2.24) is 0 Å². The third-order valence-electron chi connectivity index (χ3n) is 0.347. The lowest BCUT2D eigenvalue weighted by Gasteiger charge is -1.90. The normalized spacial score (nSPS) is 4.91. The van der Waals surface area contributed by atoms with Crippen LogP contribution < -0.4 is 0 Å². The summed E-state index contributed by atoms with van der Waals surface area (Å²) in [7, 11) is 0. The molecule has 150 valence electrons. The summed E-state index contributed by atoms with van der Waals surface area (Å²) >= 11 is 10.4. The summed E-state index contributed by atoms with van der Waals surface area (Å²) in [6.07, 6.45) is 0.461. The maximum absolute atomic E-state index is 8.07. The van der Waals surface area contributed by atoms with Crippen LogP contribution in [-0.2, 0) is 0 Å². The zero-order valence-corrected chi connectivity index (χ0v) is 20.7. The van der Waals surface area contributed by atoms with E-state index in [0.29, 0.717) is 6.42 Å². The Balaban J connectivity index is -0.0000000132. The first-order chi connectivity index (χ1) is 10.8. The standard InChI is InChI=1S/C3H6Cl2O.8C2H6/c4-3(5)1-2-6;8*1-2/h3,6H,1-2H2;8*1-2H3. The summed E-state index contributed by atoms with van der Waals surface area (Å²) in [6.45, 7) is 32.1. The van der Waals surface area contributed by atoms with Crippen molar-refractivity contribution in [2.24, 2.45) is 0 Å². The van der Waals surface area contributed by atoms with Crippen LogP contribution in [0.25, 0.3) is 0 Å². The maximum Gasteiger partial charge on any atom is 0.110 e. The lowest BCUT2D eigenvalue weighted by Crippen LogP contribution is -1.89. The van der Waals surface area contributed by atoms with Gasteiger partial charge in [0.1, 0.15) is 4.84 Å². The van der Waals surface area contributed by atoms with Gasteiger partial charge in [0, 0.05) is 13.0 Å². The molecule has 0 fully saturated rings. The second-order valence-electron chi connectivity index (χ2n) is 0.903. The molecule has 0 amide bonds. The topological polar surface area (TPSA) is 20.2 Å². The van der Waals surface area contributed by atoms with Crippen LogP contribution in [0.15, 0.2) is 0 Å². The third kappa shape index (κ3) is 626. The van der Waals surface area contributed by atoms with E-state index < -0.39 is 4.84 Å². The molecular weight excluding hydrogens is 315 g/mol. The average Bonchev–Trinajstić information content (AvgIpc) is 2.68. The van der Waals surface area contributed by atoms with Gasteiger partial charge in [0.25, 0.3) is 0 Å². The number of alkyl halides is 2. The number of hydrogen-bond donors (Lipinski definition) is 1. The van der Waals surface area contributed by atoms with Crippen molar-refractivity contribution in [3.63, 3.8) is 0 Å². The van der Waals surface area contributed by atoms with Crippen LogP contribution in [0.5, 0.6) is 0 Å². The van der Waals surface area contributed by atoms with Gasteiger partial charge < -0.3 is 5.11 Å². The molecule has 0 spiro atoms. The monoisotopic (exact) mass is 368 g/mol. The van der Waals surface area contributed by atoms with Crippen molar-refractivity contribution in [2.75, 3.05) is 6.61 Å². The Morgan fingerprint density at radius 1 is 0.500 bits per heavy atom. The Labute approximate surface area is 157 Å². The largest absolute Gasteiger partial charge is 0.396 e. The molecule has 0 atom stereocenters. The first-order valence-electron chi connectivity index (χ1n) is 9.66. The molecule has 1 nitrogen and oxygen atoms in total. The summed E-state index contributed by atoms with van der Waals surface area (Å²) in [6, 6.07) is 0. The Hall–Kier alpha value is 0.540. The summed E-state index contributed by atoms with van der Waals surface area (Å²) in [4.78, 5) is -0.407. The van der Waals surface area contributed by atoms with Gasteiger partial charge in [-0.05, 0) is 0 Å². The fourth-order valence-electron chi connectivity index (χ4n) is 0.0976. The molecule has 0 aliphatic carbocycles. The van der Waals surface area contributed by atoms with Crippen LogP contribution >= 0.6 is 23.2 Å². The molecule has 0 saturated carbocycles. The molecule has 0 aromatic rings. The van der Waals surface area contributed by atoms with Crippen molar-refractivity contribution in [2.45, 2.75) is 122 Å². The Morgan fingerprint density at radius 2 is 0.636 bits per heavy atom. The highest BCUT2D eigenvalue weighted by molar-refractivity contribution is 6.44. The van der Waals surface area contributed by atoms with E-state index in [4.69, 9.17) is 28.3 Å². The molecular formula is C19H54Cl2O. The van der Waals surface area contributed by atoms with E-state index in [1.807, 2.05) is 111 Å². The molecule has 0 unspecified atom stereocenters. The molecule has 0 aliphatic heterocycles. The highest BCUT2D eigenvalue weighted by Crippen LogP contribution is 2.04. The van der Waals surface area contributed by atoms with Crippen LogP contribution in [0.2, 0.25) is 0 Å². The van der Waals surface area contributed by atoms with E-state index in [2.05, 4.69) is 0 Å². The molecule has 0 aromatic heterocycles. The summed E-state index contributed by atoms with van der Waals surface area (Å²) in [5, 5.41) is 8.07. The molecule has 0 rings (SSSR count). The van der Waals surface area contributed by atoms with Crippen molar-refractivity contribution in [3.8, 4) is 0 Å². The average molecular weight is 370 g/mol. The minimum absolute atomic E-state index is 0.0671. The number of aliphatic hydroxyl groups excluding tert-OH is 1.